The van der Waals surface area contributed by atoms with Gasteiger partial charge in [0.25, 0.3) is 5.56 Å². The third-order valence-electron chi connectivity index (χ3n) is 5.73. The molecule has 1 amide bonds. The van der Waals surface area contributed by atoms with Gasteiger partial charge >= 0.3 is 0 Å². The molecule has 0 unspecified atom stereocenters. The summed E-state index contributed by atoms with van der Waals surface area (Å²) in [6.07, 6.45) is 1.79. The molecule has 1 aliphatic rings. The predicted molar refractivity (Wildman–Crippen MR) is 125 cm³/mol. The van der Waals surface area contributed by atoms with Crippen molar-refractivity contribution in [3.05, 3.63) is 51.9 Å². The molecule has 1 saturated heterocycles. The SMILES string of the molecule is COCCN(C(=O)Cn1cnc2sc(C)c(-c3ccccc3)c2c1=O)[C@H]1CCS(=O)(=O)C1. The van der Waals surface area contributed by atoms with Crippen molar-refractivity contribution in [2.24, 2.45) is 0 Å². The highest BCUT2D eigenvalue weighted by atomic mass is 32.2. The average molecular weight is 476 g/mol. The summed E-state index contributed by atoms with van der Waals surface area (Å²) < 4.78 is 30.3. The number of nitrogens with zero attached hydrogens (tertiary/aromatic N) is 3. The number of rotatable bonds is 7. The first-order valence-electron chi connectivity index (χ1n) is 10.3. The van der Waals surface area contributed by atoms with E-state index in [1.807, 2.05) is 37.3 Å². The van der Waals surface area contributed by atoms with E-state index in [0.717, 1.165) is 16.0 Å². The van der Waals surface area contributed by atoms with Crippen molar-refractivity contribution in [1.29, 1.82) is 0 Å². The molecular formula is C22H25N3O5S2. The first-order chi connectivity index (χ1) is 15.3. The summed E-state index contributed by atoms with van der Waals surface area (Å²) in [5.74, 6) is -0.312. The molecule has 1 fully saturated rings. The Kier molecular flexibility index (Phi) is 6.45. The number of thiophene rings is 1. The first kappa shape index (κ1) is 22.6. The fraction of sp³-hybridized carbons (Fsp3) is 0.409. The molecule has 10 heteroatoms. The van der Waals surface area contributed by atoms with Gasteiger partial charge in [-0.05, 0) is 18.9 Å². The number of carbonyl (C=O) groups is 1. The van der Waals surface area contributed by atoms with Crippen LogP contribution in [-0.4, -0.2) is 66.6 Å². The Morgan fingerprint density at radius 3 is 2.72 bits per heavy atom. The minimum Gasteiger partial charge on any atom is -0.383 e. The van der Waals surface area contributed by atoms with Crippen LogP contribution in [0.1, 0.15) is 11.3 Å². The topological polar surface area (TPSA) is 98.6 Å². The number of benzene rings is 1. The van der Waals surface area contributed by atoms with Crippen LogP contribution < -0.4 is 5.56 Å². The van der Waals surface area contributed by atoms with Crippen molar-refractivity contribution < 1.29 is 17.9 Å². The molecule has 8 nitrogen and oxygen atoms in total. The number of sulfone groups is 1. The van der Waals surface area contributed by atoms with Crippen LogP contribution in [0.3, 0.4) is 0 Å². The van der Waals surface area contributed by atoms with Gasteiger partial charge in [-0.15, -0.1) is 11.3 Å². The van der Waals surface area contributed by atoms with Gasteiger partial charge in [0, 0.05) is 30.1 Å². The van der Waals surface area contributed by atoms with Gasteiger partial charge in [0.2, 0.25) is 5.91 Å². The zero-order valence-electron chi connectivity index (χ0n) is 18.0. The lowest BCUT2D eigenvalue weighted by Gasteiger charge is -2.28. The quantitative estimate of drug-likeness (QED) is 0.519. The number of aryl methyl sites for hydroxylation is 1. The summed E-state index contributed by atoms with van der Waals surface area (Å²) in [4.78, 5) is 34.1. The molecular weight excluding hydrogens is 450 g/mol. The zero-order chi connectivity index (χ0) is 22.9. The molecule has 1 atom stereocenters. The second-order valence-electron chi connectivity index (χ2n) is 7.89. The van der Waals surface area contributed by atoms with Gasteiger partial charge in [-0.1, -0.05) is 30.3 Å². The van der Waals surface area contributed by atoms with E-state index in [2.05, 4.69) is 4.98 Å². The van der Waals surface area contributed by atoms with Crippen molar-refractivity contribution in [3.8, 4) is 11.1 Å². The molecule has 1 aliphatic heterocycles. The van der Waals surface area contributed by atoms with Crippen molar-refractivity contribution >= 4 is 37.3 Å². The van der Waals surface area contributed by atoms with Gasteiger partial charge in [0.05, 0.1) is 29.8 Å². The van der Waals surface area contributed by atoms with Gasteiger partial charge < -0.3 is 9.64 Å². The smallest absolute Gasteiger partial charge is 0.263 e. The fourth-order valence-electron chi connectivity index (χ4n) is 4.16. The van der Waals surface area contributed by atoms with Crippen LogP contribution in [0.4, 0.5) is 0 Å². The van der Waals surface area contributed by atoms with Crippen LogP contribution in [-0.2, 0) is 25.9 Å². The summed E-state index contributed by atoms with van der Waals surface area (Å²) in [5, 5.41) is 0.501. The molecule has 0 N–H and O–H groups in total. The summed E-state index contributed by atoms with van der Waals surface area (Å²) in [6.45, 7) is 2.31. The molecule has 32 heavy (non-hydrogen) atoms. The van der Waals surface area contributed by atoms with Crippen LogP contribution in [0.2, 0.25) is 0 Å². The molecule has 0 saturated carbocycles. The van der Waals surface area contributed by atoms with Crippen LogP contribution in [0.15, 0.2) is 41.5 Å². The number of aromatic nitrogens is 2. The minimum atomic E-state index is -3.16. The van der Waals surface area contributed by atoms with Gasteiger partial charge in [0.1, 0.15) is 11.4 Å². The van der Waals surface area contributed by atoms with Gasteiger partial charge in [0.15, 0.2) is 9.84 Å². The second kappa shape index (κ2) is 9.13. The maximum atomic E-state index is 13.4. The Labute approximate surface area is 190 Å². The monoisotopic (exact) mass is 475 g/mol. The van der Waals surface area contributed by atoms with Crippen LogP contribution in [0.25, 0.3) is 21.3 Å². The van der Waals surface area contributed by atoms with Gasteiger partial charge in [-0.2, -0.15) is 0 Å². The van der Waals surface area contributed by atoms with Crippen molar-refractivity contribution in [1.82, 2.24) is 14.5 Å². The Hall–Kier alpha value is -2.56. The maximum absolute atomic E-state index is 13.4. The Balaban J connectivity index is 1.68. The molecule has 2 aromatic heterocycles. The van der Waals surface area contributed by atoms with Gasteiger partial charge in [-0.25, -0.2) is 13.4 Å². The Morgan fingerprint density at radius 2 is 2.06 bits per heavy atom. The average Bonchev–Trinajstić information content (AvgIpc) is 3.30. The zero-order valence-corrected chi connectivity index (χ0v) is 19.6. The van der Waals surface area contributed by atoms with E-state index in [-0.39, 0.29) is 42.7 Å². The van der Waals surface area contributed by atoms with Crippen LogP contribution in [0, 0.1) is 6.92 Å². The van der Waals surface area contributed by atoms with E-state index in [1.165, 1.54) is 34.2 Å². The van der Waals surface area contributed by atoms with Gasteiger partial charge in [-0.3, -0.25) is 14.2 Å². The minimum absolute atomic E-state index is 0.0590. The Bertz CT molecular complexity index is 1300. The molecule has 3 heterocycles. The Morgan fingerprint density at radius 1 is 1.31 bits per heavy atom. The van der Waals surface area contributed by atoms with E-state index in [1.54, 1.807) is 0 Å². The largest absolute Gasteiger partial charge is 0.383 e. The number of hydrogen-bond acceptors (Lipinski definition) is 7. The number of ether oxygens (including phenoxy) is 1. The second-order valence-corrected chi connectivity index (χ2v) is 11.3. The molecule has 170 valence electrons. The first-order valence-corrected chi connectivity index (χ1v) is 13.0. The summed E-state index contributed by atoms with van der Waals surface area (Å²) in [7, 11) is -1.63. The van der Waals surface area contributed by atoms with E-state index in [9.17, 15) is 18.0 Å². The lowest BCUT2D eigenvalue weighted by Crippen LogP contribution is -2.45. The highest BCUT2D eigenvalue weighted by Crippen LogP contribution is 2.35. The molecule has 0 bridgehead atoms. The highest BCUT2D eigenvalue weighted by molar-refractivity contribution is 7.91. The third kappa shape index (κ3) is 4.48. The number of hydrogen-bond donors (Lipinski definition) is 0. The molecule has 3 aromatic rings. The number of amides is 1. The van der Waals surface area contributed by atoms with E-state index in [4.69, 9.17) is 4.74 Å². The third-order valence-corrected chi connectivity index (χ3v) is 8.49. The van der Waals surface area contributed by atoms with E-state index < -0.39 is 15.9 Å². The summed E-state index contributed by atoms with van der Waals surface area (Å²) >= 11 is 1.45. The van der Waals surface area contributed by atoms with E-state index in [0.29, 0.717) is 16.6 Å². The molecule has 0 radical (unpaired) electrons. The molecule has 0 aliphatic carbocycles. The predicted octanol–water partition coefficient (Wildman–Crippen LogP) is 2.10. The summed E-state index contributed by atoms with van der Waals surface area (Å²) in [6, 6.07) is 9.24. The molecule has 4 rings (SSSR count). The standard InChI is InChI=1S/C22H25N3O5S2/c1-15-19(16-6-4-3-5-7-16)20-21(31-15)23-14-24(22(20)27)12-18(26)25(9-10-30-2)17-8-11-32(28,29)13-17/h3-7,14,17H,8-13H2,1-2H3/t17-/m0/s1. The van der Waals surface area contributed by atoms with Crippen molar-refractivity contribution in [3.63, 3.8) is 0 Å². The molecule has 1 aromatic carbocycles. The molecule has 0 spiro atoms. The highest BCUT2D eigenvalue weighted by Gasteiger charge is 2.34. The number of carbonyl (C=O) groups excluding carboxylic acids is 1. The summed E-state index contributed by atoms with van der Waals surface area (Å²) in [5.41, 5.74) is 1.48. The van der Waals surface area contributed by atoms with Crippen molar-refractivity contribution in [2.45, 2.75) is 25.9 Å². The van der Waals surface area contributed by atoms with Crippen LogP contribution in [0.5, 0.6) is 0 Å². The number of methoxy groups -OCH3 is 1. The normalized spacial score (nSPS) is 17.6. The lowest BCUT2D eigenvalue weighted by atomic mass is 10.0. The van der Waals surface area contributed by atoms with Crippen molar-refractivity contribution in [2.75, 3.05) is 31.8 Å². The van der Waals surface area contributed by atoms with E-state index >= 15 is 0 Å². The van der Waals surface area contributed by atoms with Crippen LogP contribution >= 0.6 is 11.3 Å². The number of fused-ring (bicyclic) bond motifs is 1. The fourth-order valence-corrected chi connectivity index (χ4v) is 6.89. The lowest BCUT2D eigenvalue weighted by molar-refractivity contribution is -0.134. The maximum Gasteiger partial charge on any atom is 0.263 e.